The lowest BCUT2D eigenvalue weighted by Crippen LogP contribution is -2.21. The fourth-order valence-electron chi connectivity index (χ4n) is 2.53. The van der Waals surface area contributed by atoms with Gasteiger partial charge in [-0.25, -0.2) is 0 Å². The predicted octanol–water partition coefficient (Wildman–Crippen LogP) is 2.06. The van der Waals surface area contributed by atoms with E-state index in [2.05, 4.69) is 11.4 Å². The van der Waals surface area contributed by atoms with E-state index in [1.54, 1.807) is 0 Å². The number of hydrogen-bond donors (Lipinski definition) is 1. The van der Waals surface area contributed by atoms with E-state index >= 15 is 0 Å². The number of benzene rings is 1. The van der Waals surface area contributed by atoms with Gasteiger partial charge in [-0.1, -0.05) is 12.1 Å². The topological polar surface area (TPSA) is 29.1 Å². The molecule has 0 saturated carbocycles. The lowest BCUT2D eigenvalue weighted by Gasteiger charge is -2.21. The summed E-state index contributed by atoms with van der Waals surface area (Å²) >= 11 is 0. The molecule has 3 rings (SSSR count). The number of carbonyl (C=O) groups excluding carboxylic acids is 1. The molecule has 1 atom stereocenters. The van der Waals surface area contributed by atoms with Crippen LogP contribution in [0, 0.1) is 0 Å². The zero-order chi connectivity index (χ0) is 8.84. The number of nitrogens with one attached hydrogen (secondary N) is 1. The van der Waals surface area contributed by atoms with Gasteiger partial charge in [0.2, 0.25) is 5.91 Å². The molecule has 2 nitrogen and oxygen atoms in total. The van der Waals surface area contributed by atoms with Crippen LogP contribution < -0.4 is 5.32 Å². The second-order valence-corrected chi connectivity index (χ2v) is 3.87. The number of carbonyl (C=O) groups is 1. The Morgan fingerprint density at radius 1 is 1.38 bits per heavy atom. The van der Waals surface area contributed by atoms with E-state index in [1.807, 2.05) is 12.1 Å². The number of rotatable bonds is 0. The molecule has 13 heavy (non-hydrogen) atoms. The van der Waals surface area contributed by atoms with Crippen molar-refractivity contribution in [1.29, 1.82) is 0 Å². The molecule has 0 spiro atoms. The maximum atomic E-state index is 11.3. The van der Waals surface area contributed by atoms with Crippen molar-refractivity contribution >= 4 is 11.6 Å². The third-order valence-electron chi connectivity index (χ3n) is 3.07. The quantitative estimate of drug-likeness (QED) is 0.639. The lowest BCUT2D eigenvalue weighted by atomic mass is 9.92. The highest BCUT2D eigenvalue weighted by Crippen LogP contribution is 2.42. The molecule has 0 fully saturated rings. The van der Waals surface area contributed by atoms with Crippen LogP contribution in [0.15, 0.2) is 18.2 Å². The van der Waals surface area contributed by atoms with Crippen molar-refractivity contribution < 1.29 is 4.79 Å². The van der Waals surface area contributed by atoms with Gasteiger partial charge in [0.1, 0.15) is 0 Å². The van der Waals surface area contributed by atoms with Crippen LogP contribution in [0.3, 0.4) is 0 Å². The van der Waals surface area contributed by atoms with E-state index in [0.717, 1.165) is 18.5 Å². The van der Waals surface area contributed by atoms with Gasteiger partial charge in [0.05, 0.1) is 0 Å². The first kappa shape index (κ1) is 7.13. The highest BCUT2D eigenvalue weighted by atomic mass is 16.1. The maximum Gasteiger partial charge on any atom is 0.224 e. The van der Waals surface area contributed by atoms with Gasteiger partial charge in [0.25, 0.3) is 0 Å². The standard InChI is InChI=1S/C11H11NO/c13-10-6-8-5-4-7-2-1-3-9(12-10)11(7)8/h1-3,8H,4-6H2,(H,12,13)/t8-/m1/s1. The number of anilines is 1. The summed E-state index contributed by atoms with van der Waals surface area (Å²) in [6.07, 6.45) is 2.98. The molecule has 1 aromatic carbocycles. The Morgan fingerprint density at radius 3 is 3.23 bits per heavy atom. The number of aryl methyl sites for hydroxylation is 1. The van der Waals surface area contributed by atoms with Gasteiger partial charge in [-0.2, -0.15) is 0 Å². The molecule has 2 heteroatoms. The van der Waals surface area contributed by atoms with Crippen LogP contribution in [0.5, 0.6) is 0 Å². The van der Waals surface area contributed by atoms with Gasteiger partial charge < -0.3 is 5.32 Å². The molecular formula is C11H11NO. The zero-order valence-corrected chi connectivity index (χ0v) is 7.34. The van der Waals surface area contributed by atoms with Gasteiger partial charge in [-0.05, 0) is 36.0 Å². The lowest BCUT2D eigenvalue weighted by molar-refractivity contribution is -0.116. The van der Waals surface area contributed by atoms with Gasteiger partial charge in [-0.3, -0.25) is 4.79 Å². The normalized spacial score (nSPS) is 24.0. The Labute approximate surface area is 77.0 Å². The smallest absolute Gasteiger partial charge is 0.224 e. The average molecular weight is 173 g/mol. The van der Waals surface area contributed by atoms with Gasteiger partial charge in [0.15, 0.2) is 0 Å². The van der Waals surface area contributed by atoms with Gasteiger partial charge >= 0.3 is 0 Å². The minimum absolute atomic E-state index is 0.177. The Kier molecular flexibility index (Phi) is 1.29. The summed E-state index contributed by atoms with van der Waals surface area (Å²) in [6, 6.07) is 6.21. The first-order chi connectivity index (χ1) is 6.34. The summed E-state index contributed by atoms with van der Waals surface area (Å²) in [6.45, 7) is 0. The van der Waals surface area contributed by atoms with E-state index in [-0.39, 0.29) is 5.91 Å². The van der Waals surface area contributed by atoms with E-state index < -0.39 is 0 Å². The molecule has 0 unspecified atom stereocenters. The van der Waals surface area contributed by atoms with Gasteiger partial charge in [-0.15, -0.1) is 0 Å². The second-order valence-electron chi connectivity index (χ2n) is 3.87. The van der Waals surface area contributed by atoms with E-state index in [1.165, 1.54) is 11.1 Å². The molecule has 0 bridgehead atoms. The molecule has 66 valence electrons. The fourth-order valence-corrected chi connectivity index (χ4v) is 2.53. The monoisotopic (exact) mass is 173 g/mol. The van der Waals surface area contributed by atoms with Crippen LogP contribution >= 0.6 is 0 Å². The molecule has 1 aromatic rings. The molecule has 0 saturated heterocycles. The van der Waals surface area contributed by atoms with Crippen molar-refractivity contribution in [3.8, 4) is 0 Å². The Balaban J connectivity index is 2.22. The molecular weight excluding hydrogens is 162 g/mol. The predicted molar refractivity (Wildman–Crippen MR) is 50.8 cm³/mol. The Morgan fingerprint density at radius 2 is 2.31 bits per heavy atom. The van der Waals surface area contributed by atoms with Crippen LogP contribution in [0.4, 0.5) is 5.69 Å². The van der Waals surface area contributed by atoms with Crippen LogP contribution in [-0.2, 0) is 11.2 Å². The summed E-state index contributed by atoms with van der Waals surface area (Å²) in [5.41, 5.74) is 3.89. The van der Waals surface area contributed by atoms with Crippen molar-refractivity contribution in [3.63, 3.8) is 0 Å². The first-order valence-electron chi connectivity index (χ1n) is 4.76. The minimum atomic E-state index is 0.177. The van der Waals surface area contributed by atoms with Crippen LogP contribution in [0.1, 0.15) is 29.9 Å². The van der Waals surface area contributed by atoms with Crippen LogP contribution in [0.2, 0.25) is 0 Å². The van der Waals surface area contributed by atoms with Crippen molar-refractivity contribution in [3.05, 3.63) is 29.3 Å². The molecule has 1 heterocycles. The summed E-state index contributed by atoms with van der Waals surface area (Å²) < 4.78 is 0. The largest absolute Gasteiger partial charge is 0.326 e. The maximum absolute atomic E-state index is 11.3. The number of hydrogen-bond acceptors (Lipinski definition) is 1. The molecule has 1 aliphatic carbocycles. The summed E-state index contributed by atoms with van der Waals surface area (Å²) in [5, 5.41) is 2.93. The molecule has 1 N–H and O–H groups in total. The van der Waals surface area contributed by atoms with Crippen molar-refractivity contribution in [2.75, 3.05) is 5.32 Å². The minimum Gasteiger partial charge on any atom is -0.326 e. The Bertz CT molecular complexity index is 384. The zero-order valence-electron chi connectivity index (χ0n) is 7.34. The summed E-state index contributed by atoms with van der Waals surface area (Å²) in [7, 11) is 0. The third kappa shape index (κ3) is 0.916. The Hall–Kier alpha value is -1.31. The van der Waals surface area contributed by atoms with Crippen molar-refractivity contribution in [2.24, 2.45) is 0 Å². The molecule has 1 amide bonds. The summed E-state index contributed by atoms with van der Waals surface area (Å²) in [4.78, 5) is 11.3. The highest BCUT2D eigenvalue weighted by Gasteiger charge is 2.31. The number of amides is 1. The fraction of sp³-hybridized carbons (Fsp3) is 0.364. The molecule has 1 aliphatic heterocycles. The van der Waals surface area contributed by atoms with Crippen molar-refractivity contribution in [1.82, 2.24) is 0 Å². The van der Waals surface area contributed by atoms with E-state index in [4.69, 9.17) is 0 Å². The van der Waals surface area contributed by atoms with E-state index in [9.17, 15) is 4.79 Å². The molecule has 0 aromatic heterocycles. The SMILES string of the molecule is O=C1C[C@H]2CCc3cccc(c32)N1. The summed E-state index contributed by atoms with van der Waals surface area (Å²) in [5.74, 6) is 0.677. The first-order valence-corrected chi connectivity index (χ1v) is 4.76. The molecule has 2 aliphatic rings. The van der Waals surface area contributed by atoms with E-state index in [0.29, 0.717) is 12.3 Å². The third-order valence-corrected chi connectivity index (χ3v) is 3.07. The van der Waals surface area contributed by atoms with Crippen LogP contribution in [-0.4, -0.2) is 5.91 Å². The second kappa shape index (κ2) is 2.34. The molecule has 0 radical (unpaired) electrons. The average Bonchev–Trinajstić information content (AvgIpc) is 2.50. The highest BCUT2D eigenvalue weighted by molar-refractivity contribution is 5.95. The van der Waals surface area contributed by atoms with Crippen LogP contribution in [0.25, 0.3) is 0 Å². The van der Waals surface area contributed by atoms with Gasteiger partial charge in [0, 0.05) is 12.1 Å². The van der Waals surface area contributed by atoms with Crippen molar-refractivity contribution in [2.45, 2.75) is 25.2 Å².